The zero-order valence-electron chi connectivity index (χ0n) is 19.8. The number of ether oxygens (including phenoxy) is 1. The highest BCUT2D eigenvalue weighted by atomic mass is 16.5. The van der Waals surface area contributed by atoms with E-state index in [-0.39, 0.29) is 17.8 Å². The van der Waals surface area contributed by atoms with Gasteiger partial charge in [0.15, 0.2) is 11.5 Å². The van der Waals surface area contributed by atoms with Crippen LogP contribution < -0.4 is 10.1 Å². The normalized spacial score (nSPS) is 12.0. The van der Waals surface area contributed by atoms with Crippen LogP contribution in [-0.4, -0.2) is 29.3 Å². The predicted molar refractivity (Wildman–Crippen MR) is 127 cm³/mol. The van der Waals surface area contributed by atoms with Crippen molar-refractivity contribution in [3.05, 3.63) is 23.8 Å². The number of phenolic OH excluding ortho intramolecular Hbond substituents is 1. The molecule has 1 atom stereocenters. The van der Waals surface area contributed by atoms with E-state index in [0.29, 0.717) is 18.7 Å². The van der Waals surface area contributed by atoms with Crippen molar-refractivity contribution in [3.8, 4) is 11.5 Å². The minimum Gasteiger partial charge on any atom is -0.504 e. The number of aromatic hydroxyl groups is 1. The highest BCUT2D eigenvalue weighted by molar-refractivity contribution is 5.75. The molecular formula is C26H45NO4. The van der Waals surface area contributed by atoms with Crippen LogP contribution in [0.1, 0.15) is 109 Å². The Balaban J connectivity index is 1.92. The number of aliphatic hydroxyl groups is 1. The van der Waals surface area contributed by atoms with Gasteiger partial charge in [-0.2, -0.15) is 0 Å². The van der Waals surface area contributed by atoms with Gasteiger partial charge >= 0.3 is 0 Å². The van der Waals surface area contributed by atoms with E-state index in [1.807, 2.05) is 0 Å². The Bertz CT molecular complexity index is 591. The molecule has 0 saturated heterocycles. The Morgan fingerprint density at radius 3 is 2.13 bits per heavy atom. The van der Waals surface area contributed by atoms with Gasteiger partial charge in [-0.25, -0.2) is 0 Å². The number of amides is 1. The monoisotopic (exact) mass is 435 g/mol. The molecule has 0 bridgehead atoms. The summed E-state index contributed by atoms with van der Waals surface area (Å²) < 4.78 is 5.08. The van der Waals surface area contributed by atoms with E-state index in [1.165, 1.54) is 64.9 Å². The van der Waals surface area contributed by atoms with Crippen molar-refractivity contribution in [1.82, 2.24) is 5.32 Å². The van der Waals surface area contributed by atoms with Crippen LogP contribution >= 0.6 is 0 Å². The van der Waals surface area contributed by atoms with Crippen molar-refractivity contribution in [2.24, 2.45) is 0 Å². The molecule has 1 amide bonds. The van der Waals surface area contributed by atoms with Gasteiger partial charge in [0.25, 0.3) is 0 Å². The van der Waals surface area contributed by atoms with Gasteiger partial charge in [0, 0.05) is 13.0 Å². The minimum absolute atomic E-state index is 0.0697. The van der Waals surface area contributed by atoms with Gasteiger partial charge < -0.3 is 20.3 Å². The first-order valence-electron chi connectivity index (χ1n) is 12.4. The lowest BCUT2D eigenvalue weighted by Gasteiger charge is -2.10. The van der Waals surface area contributed by atoms with Gasteiger partial charge in [-0.3, -0.25) is 4.79 Å². The fourth-order valence-corrected chi connectivity index (χ4v) is 3.80. The number of unbranched alkanes of at least 4 members (excludes halogenated alkanes) is 10. The minimum atomic E-state index is -0.0981. The predicted octanol–water partition coefficient (Wildman–Crippen LogP) is 6.25. The third-order valence-electron chi connectivity index (χ3n) is 5.82. The zero-order chi connectivity index (χ0) is 22.7. The number of aliphatic hydroxyl groups excluding tert-OH is 1. The molecule has 31 heavy (non-hydrogen) atoms. The van der Waals surface area contributed by atoms with E-state index in [4.69, 9.17) is 4.74 Å². The molecule has 0 aliphatic rings. The molecule has 3 N–H and O–H groups in total. The summed E-state index contributed by atoms with van der Waals surface area (Å²) in [5.41, 5.74) is 0.909. The quantitative estimate of drug-likeness (QED) is 0.224. The molecule has 0 spiro atoms. The summed E-state index contributed by atoms with van der Waals surface area (Å²) >= 11 is 0. The Hall–Kier alpha value is -1.75. The van der Waals surface area contributed by atoms with Crippen LogP contribution in [0.5, 0.6) is 11.5 Å². The second-order valence-electron chi connectivity index (χ2n) is 8.65. The standard InChI is InChI=1S/C26H45NO4/c1-3-4-5-12-15-23(28)16-13-10-8-6-7-9-11-14-17-26(30)27-21-22-18-19-24(29)25(20-22)31-2/h18-20,23,28-29H,3-17,21H2,1-2H3,(H,27,30)/t23-/m1/s1. The molecule has 1 aromatic rings. The van der Waals surface area contributed by atoms with Crippen molar-refractivity contribution >= 4 is 5.91 Å². The van der Waals surface area contributed by atoms with E-state index in [0.717, 1.165) is 37.7 Å². The van der Waals surface area contributed by atoms with Crippen LogP contribution in [0.3, 0.4) is 0 Å². The van der Waals surface area contributed by atoms with Crippen LogP contribution in [0, 0.1) is 0 Å². The molecule has 0 saturated carbocycles. The molecular weight excluding hydrogens is 390 g/mol. The number of methoxy groups -OCH3 is 1. The molecule has 1 aromatic carbocycles. The molecule has 0 aliphatic heterocycles. The van der Waals surface area contributed by atoms with Crippen LogP contribution in [0.25, 0.3) is 0 Å². The molecule has 0 unspecified atom stereocenters. The van der Waals surface area contributed by atoms with E-state index in [9.17, 15) is 15.0 Å². The summed E-state index contributed by atoms with van der Waals surface area (Å²) in [7, 11) is 1.51. The number of benzene rings is 1. The molecule has 5 nitrogen and oxygen atoms in total. The summed E-state index contributed by atoms with van der Waals surface area (Å²) in [5, 5.41) is 22.5. The maximum atomic E-state index is 12.0. The SMILES string of the molecule is CCCCCC[C@@H](O)CCCCCCCCCCC(=O)NCc1ccc(O)c(OC)c1. The first-order chi connectivity index (χ1) is 15.1. The Kier molecular flexibility index (Phi) is 15.7. The van der Waals surface area contributed by atoms with Crippen molar-refractivity contribution in [2.75, 3.05) is 7.11 Å². The van der Waals surface area contributed by atoms with Crippen LogP contribution in [-0.2, 0) is 11.3 Å². The van der Waals surface area contributed by atoms with Crippen LogP contribution in [0.15, 0.2) is 18.2 Å². The number of hydrogen-bond donors (Lipinski definition) is 3. The Morgan fingerprint density at radius 2 is 1.52 bits per heavy atom. The van der Waals surface area contributed by atoms with Gasteiger partial charge in [0.05, 0.1) is 13.2 Å². The van der Waals surface area contributed by atoms with Crippen LogP contribution in [0.4, 0.5) is 0 Å². The first-order valence-corrected chi connectivity index (χ1v) is 12.4. The second-order valence-corrected chi connectivity index (χ2v) is 8.65. The number of rotatable bonds is 19. The van der Waals surface area contributed by atoms with Crippen molar-refractivity contribution < 1.29 is 19.7 Å². The molecule has 0 heterocycles. The molecule has 1 rings (SSSR count). The van der Waals surface area contributed by atoms with Crippen molar-refractivity contribution in [2.45, 2.75) is 116 Å². The van der Waals surface area contributed by atoms with E-state index in [1.54, 1.807) is 18.2 Å². The number of phenols is 1. The van der Waals surface area contributed by atoms with Gasteiger partial charge in [0.1, 0.15) is 0 Å². The molecule has 0 radical (unpaired) electrons. The van der Waals surface area contributed by atoms with E-state index >= 15 is 0 Å². The van der Waals surface area contributed by atoms with Gasteiger partial charge in [-0.15, -0.1) is 0 Å². The summed E-state index contributed by atoms with van der Waals surface area (Å²) in [6.45, 7) is 2.66. The number of carbonyl (C=O) groups excluding carboxylic acids is 1. The molecule has 5 heteroatoms. The summed E-state index contributed by atoms with van der Waals surface area (Å²) in [4.78, 5) is 12.0. The third-order valence-corrected chi connectivity index (χ3v) is 5.82. The van der Waals surface area contributed by atoms with Gasteiger partial charge in [0.2, 0.25) is 5.91 Å². The maximum absolute atomic E-state index is 12.0. The average molecular weight is 436 g/mol. The number of hydrogen-bond acceptors (Lipinski definition) is 4. The lowest BCUT2D eigenvalue weighted by Crippen LogP contribution is -2.22. The molecule has 178 valence electrons. The van der Waals surface area contributed by atoms with E-state index < -0.39 is 0 Å². The lowest BCUT2D eigenvalue weighted by molar-refractivity contribution is -0.121. The lowest BCUT2D eigenvalue weighted by atomic mass is 10.0. The van der Waals surface area contributed by atoms with Crippen molar-refractivity contribution in [1.29, 1.82) is 0 Å². The molecule has 0 aliphatic carbocycles. The van der Waals surface area contributed by atoms with Gasteiger partial charge in [-0.1, -0.05) is 83.6 Å². The molecule has 0 aromatic heterocycles. The summed E-state index contributed by atoms with van der Waals surface area (Å²) in [5.74, 6) is 0.596. The van der Waals surface area contributed by atoms with E-state index in [2.05, 4.69) is 12.2 Å². The summed E-state index contributed by atoms with van der Waals surface area (Å²) in [6, 6.07) is 5.10. The summed E-state index contributed by atoms with van der Waals surface area (Å²) in [6.07, 6.45) is 16.6. The van der Waals surface area contributed by atoms with Crippen LogP contribution in [0.2, 0.25) is 0 Å². The number of nitrogens with one attached hydrogen (secondary N) is 1. The highest BCUT2D eigenvalue weighted by Gasteiger charge is 2.06. The molecule has 0 fully saturated rings. The third kappa shape index (κ3) is 14.0. The Labute approximate surface area is 189 Å². The smallest absolute Gasteiger partial charge is 0.220 e. The van der Waals surface area contributed by atoms with Gasteiger partial charge in [-0.05, 0) is 37.0 Å². The number of carbonyl (C=O) groups is 1. The fraction of sp³-hybridized carbons (Fsp3) is 0.731. The first kappa shape index (κ1) is 27.3. The second kappa shape index (κ2) is 17.9. The average Bonchev–Trinajstić information content (AvgIpc) is 2.77. The maximum Gasteiger partial charge on any atom is 0.220 e. The largest absolute Gasteiger partial charge is 0.504 e. The Morgan fingerprint density at radius 1 is 0.935 bits per heavy atom. The topological polar surface area (TPSA) is 78.8 Å². The fourth-order valence-electron chi connectivity index (χ4n) is 3.80. The highest BCUT2D eigenvalue weighted by Crippen LogP contribution is 2.26. The van der Waals surface area contributed by atoms with Crippen molar-refractivity contribution in [3.63, 3.8) is 0 Å². The zero-order valence-corrected chi connectivity index (χ0v) is 19.8.